The molecule has 2 rings (SSSR count). The monoisotopic (exact) mass is 389 g/mol. The molecule has 0 unspecified atom stereocenters. The van der Waals surface area contributed by atoms with Gasteiger partial charge in [-0.3, -0.25) is 14.4 Å². The van der Waals surface area contributed by atoms with Crippen molar-refractivity contribution in [2.45, 2.75) is 39.5 Å². The zero-order chi connectivity index (χ0) is 20.5. The van der Waals surface area contributed by atoms with E-state index >= 15 is 0 Å². The fraction of sp³-hybridized carbons (Fsp3) is 0.571. The predicted octanol–water partition coefficient (Wildman–Crippen LogP) is 2.42. The third-order valence-electron chi connectivity index (χ3n) is 4.76. The van der Waals surface area contributed by atoms with Crippen LogP contribution in [0.15, 0.2) is 24.3 Å². The van der Waals surface area contributed by atoms with Crippen molar-refractivity contribution in [1.29, 1.82) is 0 Å². The molecule has 0 heterocycles. The SMILES string of the molecule is COc1ccc(NC(=O)CNC(=O)CN(CC(C)C)C(=O)C2CCCC2)cc1. The van der Waals surface area contributed by atoms with Crippen molar-refractivity contribution in [2.24, 2.45) is 11.8 Å². The smallest absolute Gasteiger partial charge is 0.243 e. The van der Waals surface area contributed by atoms with Gasteiger partial charge in [0.05, 0.1) is 20.2 Å². The Bertz CT molecular complexity index is 667. The van der Waals surface area contributed by atoms with Gasteiger partial charge in [-0.1, -0.05) is 26.7 Å². The summed E-state index contributed by atoms with van der Waals surface area (Å²) in [5.74, 6) is 0.418. The van der Waals surface area contributed by atoms with Gasteiger partial charge in [0, 0.05) is 18.2 Å². The first kappa shape index (κ1) is 21.7. The number of ether oxygens (including phenoxy) is 1. The molecule has 0 aromatic heterocycles. The van der Waals surface area contributed by atoms with Crippen molar-refractivity contribution in [3.05, 3.63) is 24.3 Å². The molecule has 28 heavy (non-hydrogen) atoms. The number of amides is 3. The van der Waals surface area contributed by atoms with Crippen LogP contribution >= 0.6 is 0 Å². The molecule has 2 N–H and O–H groups in total. The second-order valence-corrected chi connectivity index (χ2v) is 7.65. The lowest BCUT2D eigenvalue weighted by Crippen LogP contribution is -2.45. The molecule has 7 nitrogen and oxygen atoms in total. The third-order valence-corrected chi connectivity index (χ3v) is 4.76. The highest BCUT2D eigenvalue weighted by molar-refractivity contribution is 5.95. The molecule has 1 fully saturated rings. The summed E-state index contributed by atoms with van der Waals surface area (Å²) in [7, 11) is 1.57. The van der Waals surface area contributed by atoms with Gasteiger partial charge in [-0.05, 0) is 43.0 Å². The van der Waals surface area contributed by atoms with Gasteiger partial charge in [0.2, 0.25) is 17.7 Å². The summed E-state index contributed by atoms with van der Waals surface area (Å²) in [5, 5.41) is 5.32. The molecule has 0 spiro atoms. The van der Waals surface area contributed by atoms with Crippen LogP contribution in [-0.2, 0) is 14.4 Å². The fourth-order valence-corrected chi connectivity index (χ4v) is 3.39. The van der Waals surface area contributed by atoms with Crippen LogP contribution in [0.25, 0.3) is 0 Å². The maximum absolute atomic E-state index is 12.7. The van der Waals surface area contributed by atoms with E-state index in [-0.39, 0.29) is 42.6 Å². The number of rotatable bonds is 9. The topological polar surface area (TPSA) is 87.7 Å². The van der Waals surface area contributed by atoms with Crippen LogP contribution < -0.4 is 15.4 Å². The van der Waals surface area contributed by atoms with Crippen molar-refractivity contribution < 1.29 is 19.1 Å². The molecular formula is C21H31N3O4. The van der Waals surface area contributed by atoms with Crippen molar-refractivity contribution >= 4 is 23.4 Å². The Kier molecular flexibility index (Phi) is 8.29. The Morgan fingerprint density at radius 2 is 1.75 bits per heavy atom. The molecule has 154 valence electrons. The Labute approximate surface area is 166 Å². The maximum atomic E-state index is 12.7. The molecule has 1 aromatic rings. The van der Waals surface area contributed by atoms with Gasteiger partial charge in [0.25, 0.3) is 0 Å². The van der Waals surface area contributed by atoms with Crippen LogP contribution in [0.5, 0.6) is 5.75 Å². The van der Waals surface area contributed by atoms with E-state index in [0.29, 0.717) is 18.0 Å². The second-order valence-electron chi connectivity index (χ2n) is 7.65. The first-order valence-electron chi connectivity index (χ1n) is 9.88. The molecule has 1 aliphatic rings. The molecule has 0 bridgehead atoms. The minimum atomic E-state index is -0.323. The highest BCUT2D eigenvalue weighted by Gasteiger charge is 2.28. The van der Waals surface area contributed by atoms with Crippen LogP contribution in [0, 0.1) is 11.8 Å². The van der Waals surface area contributed by atoms with Gasteiger partial charge in [-0.25, -0.2) is 0 Å². The fourth-order valence-electron chi connectivity index (χ4n) is 3.39. The molecule has 0 aliphatic heterocycles. The summed E-state index contributed by atoms with van der Waals surface area (Å²) in [6.45, 7) is 4.44. The van der Waals surface area contributed by atoms with Gasteiger partial charge < -0.3 is 20.3 Å². The second kappa shape index (κ2) is 10.7. The summed E-state index contributed by atoms with van der Waals surface area (Å²) in [6, 6.07) is 6.94. The lowest BCUT2D eigenvalue weighted by molar-refractivity contribution is -0.139. The van der Waals surface area contributed by atoms with Crippen molar-refractivity contribution in [2.75, 3.05) is 32.1 Å². The molecule has 1 aromatic carbocycles. The molecule has 1 saturated carbocycles. The minimum Gasteiger partial charge on any atom is -0.497 e. The maximum Gasteiger partial charge on any atom is 0.243 e. The van der Waals surface area contributed by atoms with E-state index in [0.717, 1.165) is 25.7 Å². The Morgan fingerprint density at radius 1 is 1.11 bits per heavy atom. The Morgan fingerprint density at radius 3 is 2.32 bits per heavy atom. The molecule has 0 saturated heterocycles. The number of hydrogen-bond acceptors (Lipinski definition) is 4. The van der Waals surface area contributed by atoms with E-state index in [4.69, 9.17) is 4.74 Å². The van der Waals surface area contributed by atoms with Gasteiger partial charge in [-0.2, -0.15) is 0 Å². The number of nitrogens with zero attached hydrogens (tertiary/aromatic N) is 1. The van der Waals surface area contributed by atoms with Crippen molar-refractivity contribution in [1.82, 2.24) is 10.2 Å². The van der Waals surface area contributed by atoms with Gasteiger partial charge in [-0.15, -0.1) is 0 Å². The van der Waals surface area contributed by atoms with Crippen molar-refractivity contribution in [3.63, 3.8) is 0 Å². The first-order chi connectivity index (χ1) is 13.4. The zero-order valence-corrected chi connectivity index (χ0v) is 17.0. The normalized spacial score (nSPS) is 14.0. The molecular weight excluding hydrogens is 358 g/mol. The number of methoxy groups -OCH3 is 1. The van der Waals surface area contributed by atoms with Gasteiger partial charge in [0.1, 0.15) is 5.75 Å². The Balaban J connectivity index is 1.81. The van der Waals surface area contributed by atoms with E-state index in [1.54, 1.807) is 36.3 Å². The number of carbonyl (C=O) groups is 3. The Hall–Kier alpha value is -2.57. The predicted molar refractivity (Wildman–Crippen MR) is 108 cm³/mol. The zero-order valence-electron chi connectivity index (χ0n) is 17.0. The van der Waals surface area contributed by atoms with Crippen LogP contribution in [0.1, 0.15) is 39.5 Å². The average molecular weight is 389 g/mol. The standard InChI is InChI=1S/C21H31N3O4/c1-15(2)13-24(21(27)16-6-4-5-7-16)14-20(26)22-12-19(25)23-17-8-10-18(28-3)11-9-17/h8-11,15-16H,4-7,12-14H2,1-3H3,(H,22,26)(H,23,25). The summed E-state index contributed by atoms with van der Waals surface area (Å²) in [5.41, 5.74) is 0.623. The molecule has 1 aliphatic carbocycles. The molecule has 0 radical (unpaired) electrons. The number of benzene rings is 1. The van der Waals surface area contributed by atoms with Crippen LogP contribution in [0.4, 0.5) is 5.69 Å². The lowest BCUT2D eigenvalue weighted by Gasteiger charge is -2.26. The van der Waals surface area contributed by atoms with Crippen LogP contribution in [0.3, 0.4) is 0 Å². The van der Waals surface area contributed by atoms with Gasteiger partial charge in [0.15, 0.2) is 0 Å². The summed E-state index contributed by atoms with van der Waals surface area (Å²) >= 11 is 0. The number of nitrogens with one attached hydrogen (secondary N) is 2. The largest absolute Gasteiger partial charge is 0.497 e. The highest BCUT2D eigenvalue weighted by Crippen LogP contribution is 2.26. The average Bonchev–Trinajstić information content (AvgIpc) is 3.20. The number of hydrogen-bond donors (Lipinski definition) is 2. The lowest BCUT2D eigenvalue weighted by atomic mass is 10.1. The quantitative estimate of drug-likeness (QED) is 0.679. The summed E-state index contributed by atoms with van der Waals surface area (Å²) in [4.78, 5) is 38.7. The number of carbonyl (C=O) groups excluding carboxylic acids is 3. The molecule has 7 heteroatoms. The van der Waals surface area contributed by atoms with E-state index in [1.165, 1.54) is 0 Å². The van der Waals surface area contributed by atoms with E-state index in [1.807, 2.05) is 13.8 Å². The molecule has 3 amide bonds. The highest BCUT2D eigenvalue weighted by atomic mass is 16.5. The van der Waals surface area contributed by atoms with E-state index in [2.05, 4.69) is 10.6 Å². The van der Waals surface area contributed by atoms with E-state index in [9.17, 15) is 14.4 Å². The van der Waals surface area contributed by atoms with Crippen LogP contribution in [-0.4, -0.2) is 49.4 Å². The third kappa shape index (κ3) is 6.87. The van der Waals surface area contributed by atoms with Crippen molar-refractivity contribution in [3.8, 4) is 5.75 Å². The van der Waals surface area contributed by atoms with Gasteiger partial charge >= 0.3 is 0 Å². The number of anilines is 1. The summed E-state index contributed by atoms with van der Waals surface area (Å²) < 4.78 is 5.07. The minimum absolute atomic E-state index is 0.0106. The first-order valence-corrected chi connectivity index (χ1v) is 9.88. The molecule has 0 atom stereocenters. The van der Waals surface area contributed by atoms with E-state index < -0.39 is 0 Å². The summed E-state index contributed by atoms with van der Waals surface area (Å²) in [6.07, 6.45) is 3.95. The van der Waals surface area contributed by atoms with Crippen LogP contribution in [0.2, 0.25) is 0 Å².